The van der Waals surface area contributed by atoms with Gasteiger partial charge in [0, 0.05) is 18.7 Å². The van der Waals surface area contributed by atoms with Gasteiger partial charge in [-0.1, -0.05) is 24.3 Å². The highest BCUT2D eigenvalue weighted by molar-refractivity contribution is 7.92. The highest BCUT2D eigenvalue weighted by Crippen LogP contribution is 2.26. The Kier molecular flexibility index (Phi) is 7.23. The number of ether oxygens (including phenoxy) is 1. The number of benzene rings is 2. The topological polar surface area (TPSA) is 84.0 Å². The number of anilines is 1. The molecule has 0 atom stereocenters. The third kappa shape index (κ3) is 5.48. The molecular weight excluding hydrogens is 428 g/mol. The summed E-state index contributed by atoms with van der Waals surface area (Å²) in [7, 11) is -2.11. The zero-order chi connectivity index (χ0) is 23.5. The van der Waals surface area contributed by atoms with Crippen molar-refractivity contribution < 1.29 is 22.7 Å². The van der Waals surface area contributed by atoms with E-state index in [9.17, 15) is 18.0 Å². The SMILES string of the molecule is COC(=O)C1CCN(C(=O)c2ccc(CN(c3cc(C)ccc3C)S(C)(=O)=O)cc2)CC1. The van der Waals surface area contributed by atoms with Crippen molar-refractivity contribution in [2.24, 2.45) is 5.92 Å². The van der Waals surface area contributed by atoms with Gasteiger partial charge in [0.2, 0.25) is 10.0 Å². The summed E-state index contributed by atoms with van der Waals surface area (Å²) in [5.74, 6) is -0.464. The summed E-state index contributed by atoms with van der Waals surface area (Å²) in [6, 6.07) is 12.8. The van der Waals surface area contributed by atoms with Crippen LogP contribution >= 0.6 is 0 Å². The number of carbonyl (C=O) groups is 2. The number of sulfonamides is 1. The van der Waals surface area contributed by atoms with Crippen LogP contribution in [0.2, 0.25) is 0 Å². The molecule has 1 fully saturated rings. The van der Waals surface area contributed by atoms with Gasteiger partial charge in [-0.25, -0.2) is 8.42 Å². The first-order valence-electron chi connectivity index (χ1n) is 10.6. The van der Waals surface area contributed by atoms with Gasteiger partial charge in [-0.2, -0.15) is 0 Å². The summed E-state index contributed by atoms with van der Waals surface area (Å²) in [6.45, 7) is 5.02. The molecule has 1 saturated heterocycles. The van der Waals surface area contributed by atoms with Crippen LogP contribution in [0.15, 0.2) is 42.5 Å². The number of aryl methyl sites for hydroxylation is 2. The van der Waals surface area contributed by atoms with Crippen molar-refractivity contribution in [1.82, 2.24) is 4.90 Å². The van der Waals surface area contributed by atoms with Crippen molar-refractivity contribution in [3.05, 3.63) is 64.7 Å². The van der Waals surface area contributed by atoms with Crippen LogP contribution in [0.4, 0.5) is 5.69 Å². The van der Waals surface area contributed by atoms with Gasteiger partial charge >= 0.3 is 5.97 Å². The summed E-state index contributed by atoms with van der Waals surface area (Å²) < 4.78 is 31.2. The van der Waals surface area contributed by atoms with Crippen LogP contribution in [0.3, 0.4) is 0 Å². The first-order chi connectivity index (χ1) is 15.1. The number of methoxy groups -OCH3 is 1. The molecule has 0 saturated carbocycles. The van der Waals surface area contributed by atoms with E-state index in [0.717, 1.165) is 16.7 Å². The standard InChI is InChI=1S/C24H30N2O5S/c1-17-5-6-18(2)22(15-17)26(32(4,29)30)16-19-7-9-20(10-8-19)23(27)25-13-11-21(12-14-25)24(28)31-3/h5-10,15,21H,11-14,16H2,1-4H3. The predicted octanol–water partition coefficient (Wildman–Crippen LogP) is 3.29. The lowest BCUT2D eigenvalue weighted by atomic mass is 9.96. The molecule has 1 amide bonds. The van der Waals surface area contributed by atoms with Gasteiger partial charge in [-0.3, -0.25) is 13.9 Å². The summed E-state index contributed by atoms with van der Waals surface area (Å²) in [5, 5.41) is 0. The largest absolute Gasteiger partial charge is 0.469 e. The summed E-state index contributed by atoms with van der Waals surface area (Å²) in [4.78, 5) is 26.3. The van der Waals surface area contributed by atoms with Crippen LogP contribution < -0.4 is 4.31 Å². The molecule has 1 aliphatic rings. The van der Waals surface area contributed by atoms with Crippen LogP contribution in [0.25, 0.3) is 0 Å². The fraction of sp³-hybridized carbons (Fsp3) is 0.417. The molecule has 0 radical (unpaired) electrons. The van der Waals surface area contributed by atoms with Crippen LogP contribution in [-0.2, 0) is 26.1 Å². The first-order valence-corrected chi connectivity index (χ1v) is 12.5. The van der Waals surface area contributed by atoms with Gasteiger partial charge in [-0.05, 0) is 61.6 Å². The number of likely N-dealkylation sites (tertiary alicyclic amines) is 1. The molecule has 1 aliphatic heterocycles. The Balaban J connectivity index is 1.72. The number of hydrogen-bond acceptors (Lipinski definition) is 5. The monoisotopic (exact) mass is 458 g/mol. The highest BCUT2D eigenvalue weighted by Gasteiger charge is 2.28. The molecule has 32 heavy (non-hydrogen) atoms. The zero-order valence-corrected chi connectivity index (χ0v) is 19.8. The van der Waals surface area contributed by atoms with E-state index in [0.29, 0.717) is 37.2 Å². The van der Waals surface area contributed by atoms with Crippen LogP contribution in [0, 0.1) is 19.8 Å². The molecule has 0 bridgehead atoms. The van der Waals surface area contributed by atoms with Gasteiger partial charge in [0.1, 0.15) is 0 Å². The maximum absolute atomic E-state index is 12.8. The van der Waals surface area contributed by atoms with Crippen LogP contribution in [-0.4, -0.2) is 51.6 Å². The third-order valence-electron chi connectivity index (χ3n) is 5.88. The molecule has 2 aromatic rings. The lowest BCUT2D eigenvalue weighted by Gasteiger charge is -2.30. The minimum atomic E-state index is -3.49. The number of nitrogens with zero attached hydrogens (tertiary/aromatic N) is 2. The second-order valence-corrected chi connectivity index (χ2v) is 10.3. The molecule has 0 unspecified atom stereocenters. The molecule has 172 valence electrons. The average Bonchev–Trinajstić information content (AvgIpc) is 2.78. The highest BCUT2D eigenvalue weighted by atomic mass is 32.2. The lowest BCUT2D eigenvalue weighted by molar-refractivity contribution is -0.146. The van der Waals surface area contributed by atoms with Crippen molar-refractivity contribution in [1.29, 1.82) is 0 Å². The molecule has 0 N–H and O–H groups in total. The van der Waals surface area contributed by atoms with Gasteiger partial charge in [0.05, 0.1) is 31.5 Å². The molecule has 8 heteroatoms. The fourth-order valence-corrected chi connectivity index (χ4v) is 4.89. The normalized spacial score (nSPS) is 14.8. The van der Waals surface area contributed by atoms with Crippen molar-refractivity contribution >= 4 is 27.6 Å². The van der Waals surface area contributed by atoms with Crippen LogP contribution in [0.5, 0.6) is 0 Å². The number of piperidine rings is 1. The second kappa shape index (κ2) is 9.73. The van der Waals surface area contributed by atoms with Gasteiger partial charge in [-0.15, -0.1) is 0 Å². The maximum Gasteiger partial charge on any atom is 0.308 e. The molecule has 3 rings (SSSR count). The number of carbonyl (C=O) groups excluding carboxylic acids is 2. The van der Waals surface area contributed by atoms with E-state index >= 15 is 0 Å². The van der Waals surface area contributed by atoms with Crippen molar-refractivity contribution in [2.75, 3.05) is 30.8 Å². The summed E-state index contributed by atoms with van der Waals surface area (Å²) in [6.07, 6.45) is 2.38. The zero-order valence-electron chi connectivity index (χ0n) is 19.0. The van der Waals surface area contributed by atoms with E-state index in [-0.39, 0.29) is 24.3 Å². The molecule has 7 nitrogen and oxygen atoms in total. The van der Waals surface area contributed by atoms with E-state index in [2.05, 4.69) is 0 Å². The van der Waals surface area contributed by atoms with E-state index < -0.39 is 10.0 Å². The van der Waals surface area contributed by atoms with Crippen molar-refractivity contribution in [3.8, 4) is 0 Å². The summed E-state index contributed by atoms with van der Waals surface area (Å²) in [5.41, 5.74) is 3.85. The number of amides is 1. The fourth-order valence-electron chi connectivity index (χ4n) is 3.96. The molecular formula is C24H30N2O5S. The molecule has 0 aliphatic carbocycles. The van der Waals surface area contributed by atoms with Gasteiger partial charge in [0.25, 0.3) is 5.91 Å². The quantitative estimate of drug-likeness (QED) is 0.620. The Morgan fingerprint density at radius 3 is 2.25 bits per heavy atom. The van der Waals surface area contributed by atoms with Crippen LogP contribution in [0.1, 0.15) is 39.9 Å². The van der Waals surface area contributed by atoms with E-state index in [1.807, 2.05) is 32.0 Å². The molecule has 0 spiro atoms. The number of hydrogen-bond donors (Lipinski definition) is 0. The van der Waals surface area contributed by atoms with E-state index in [1.54, 1.807) is 29.2 Å². The number of rotatable bonds is 6. The minimum Gasteiger partial charge on any atom is -0.469 e. The first kappa shape index (κ1) is 23.8. The maximum atomic E-state index is 12.8. The van der Waals surface area contributed by atoms with E-state index in [4.69, 9.17) is 4.74 Å². The Bertz CT molecular complexity index is 1090. The van der Waals surface area contributed by atoms with Crippen molar-refractivity contribution in [3.63, 3.8) is 0 Å². The number of esters is 1. The average molecular weight is 459 g/mol. The third-order valence-corrected chi connectivity index (χ3v) is 7.00. The minimum absolute atomic E-state index is 0.0886. The predicted molar refractivity (Wildman–Crippen MR) is 124 cm³/mol. The van der Waals surface area contributed by atoms with Gasteiger partial charge < -0.3 is 9.64 Å². The lowest BCUT2D eigenvalue weighted by Crippen LogP contribution is -2.40. The second-order valence-electron chi connectivity index (χ2n) is 8.35. The summed E-state index contributed by atoms with van der Waals surface area (Å²) >= 11 is 0. The van der Waals surface area contributed by atoms with E-state index in [1.165, 1.54) is 17.7 Å². The molecule has 1 heterocycles. The van der Waals surface area contributed by atoms with Gasteiger partial charge in [0.15, 0.2) is 0 Å². The van der Waals surface area contributed by atoms with Crippen molar-refractivity contribution in [2.45, 2.75) is 33.2 Å². The smallest absolute Gasteiger partial charge is 0.308 e. The Labute approximate surface area is 190 Å². The Hall–Kier alpha value is -2.87. The molecule has 0 aromatic heterocycles. The molecule has 2 aromatic carbocycles. The Morgan fingerprint density at radius 1 is 1.06 bits per heavy atom. The Morgan fingerprint density at radius 2 is 1.69 bits per heavy atom.